The molecule has 1 saturated heterocycles. The van der Waals surface area contributed by atoms with E-state index in [0.717, 1.165) is 18.7 Å². The summed E-state index contributed by atoms with van der Waals surface area (Å²) < 4.78 is 5.71. The lowest BCUT2D eigenvalue weighted by Crippen LogP contribution is -2.48. The number of halogens is 2. The van der Waals surface area contributed by atoms with Crippen LogP contribution in [0.4, 0.5) is 0 Å². The second-order valence-corrected chi connectivity index (χ2v) is 5.41. The molecule has 2 aromatic rings. The van der Waals surface area contributed by atoms with Gasteiger partial charge in [0.1, 0.15) is 12.4 Å². The highest BCUT2D eigenvalue weighted by molar-refractivity contribution is 5.94. The average molecular weight is 370 g/mol. The smallest absolute Gasteiger partial charge is 0.251 e. The largest absolute Gasteiger partial charge is 0.489 e. The number of hydrogen-bond donors (Lipinski definition) is 2. The van der Waals surface area contributed by atoms with Gasteiger partial charge in [-0.3, -0.25) is 9.78 Å². The molecule has 130 valence electrons. The highest BCUT2D eigenvalue weighted by Gasteiger charge is 2.17. The molecular formula is C17H21Cl2N3O2. The molecule has 1 aromatic carbocycles. The number of rotatable bonds is 6. The molecule has 1 aromatic heterocycles. The van der Waals surface area contributed by atoms with Crippen molar-refractivity contribution in [2.24, 2.45) is 5.92 Å². The van der Waals surface area contributed by atoms with Gasteiger partial charge in [-0.05, 0) is 24.3 Å². The summed E-state index contributed by atoms with van der Waals surface area (Å²) in [6.07, 6.45) is 3.50. The molecule has 2 N–H and O–H groups in total. The molecule has 5 nitrogen and oxygen atoms in total. The van der Waals surface area contributed by atoms with Gasteiger partial charge >= 0.3 is 0 Å². The summed E-state index contributed by atoms with van der Waals surface area (Å²) in [7, 11) is 0. The Balaban J connectivity index is 0.00000144. The number of carbonyl (C=O) groups excluding carboxylic acids is 1. The fourth-order valence-electron chi connectivity index (χ4n) is 2.21. The molecule has 1 amide bonds. The first-order valence-corrected chi connectivity index (χ1v) is 7.42. The van der Waals surface area contributed by atoms with Crippen LogP contribution in [0.15, 0.2) is 48.8 Å². The number of nitrogens with one attached hydrogen (secondary N) is 2. The molecule has 7 heteroatoms. The lowest BCUT2D eigenvalue weighted by molar-refractivity contribution is 0.0941. The van der Waals surface area contributed by atoms with E-state index < -0.39 is 0 Å². The van der Waals surface area contributed by atoms with Crippen molar-refractivity contribution >= 4 is 30.7 Å². The van der Waals surface area contributed by atoms with Crippen LogP contribution in [0.1, 0.15) is 15.9 Å². The van der Waals surface area contributed by atoms with E-state index in [4.69, 9.17) is 4.74 Å². The average Bonchev–Trinajstić information content (AvgIpc) is 2.52. The fraction of sp³-hybridized carbons (Fsp3) is 0.294. The molecule has 24 heavy (non-hydrogen) atoms. The first kappa shape index (κ1) is 20.2. The third kappa shape index (κ3) is 5.67. The van der Waals surface area contributed by atoms with Gasteiger partial charge in [-0.2, -0.15) is 0 Å². The lowest BCUT2D eigenvalue weighted by atomic mass is 10.0. The third-order valence-electron chi connectivity index (χ3n) is 3.64. The predicted molar refractivity (Wildman–Crippen MR) is 98.2 cm³/mol. The van der Waals surface area contributed by atoms with Crippen molar-refractivity contribution in [3.8, 4) is 5.75 Å². The van der Waals surface area contributed by atoms with Crippen LogP contribution in [0.5, 0.6) is 5.75 Å². The first-order valence-electron chi connectivity index (χ1n) is 7.42. The van der Waals surface area contributed by atoms with Crippen LogP contribution in [0.3, 0.4) is 0 Å². The third-order valence-corrected chi connectivity index (χ3v) is 3.64. The summed E-state index contributed by atoms with van der Waals surface area (Å²) in [5, 5.41) is 6.15. The van der Waals surface area contributed by atoms with Gasteiger partial charge in [0, 0.05) is 49.1 Å². The van der Waals surface area contributed by atoms with E-state index in [2.05, 4.69) is 15.6 Å². The van der Waals surface area contributed by atoms with E-state index in [-0.39, 0.29) is 30.7 Å². The molecule has 3 rings (SSSR count). The number of amides is 1. The Hall–Kier alpha value is -1.82. The number of ether oxygens (including phenoxy) is 1. The zero-order valence-electron chi connectivity index (χ0n) is 13.1. The van der Waals surface area contributed by atoms with E-state index in [1.807, 2.05) is 24.3 Å². The zero-order chi connectivity index (χ0) is 15.2. The number of hydrogen-bond acceptors (Lipinski definition) is 4. The maximum absolute atomic E-state index is 12.1. The molecule has 0 unspecified atom stereocenters. The summed E-state index contributed by atoms with van der Waals surface area (Å²) in [4.78, 5) is 16.2. The Labute approximate surface area is 154 Å². The topological polar surface area (TPSA) is 63.2 Å². The fourth-order valence-corrected chi connectivity index (χ4v) is 2.21. The number of aromatic nitrogens is 1. The van der Waals surface area contributed by atoms with Crippen molar-refractivity contribution in [1.29, 1.82) is 0 Å². The number of carbonyl (C=O) groups is 1. The highest BCUT2D eigenvalue weighted by Crippen LogP contribution is 2.15. The standard InChI is InChI=1S/C17H19N3O2.2ClH/c21-17(20-11-14-9-19-10-14)15-4-1-5-16(7-15)22-12-13-3-2-6-18-8-13;;/h1-8,14,19H,9-12H2,(H,20,21);2*1H. The predicted octanol–water partition coefficient (Wildman–Crippen LogP) is 2.45. The van der Waals surface area contributed by atoms with Gasteiger partial charge in [0.2, 0.25) is 0 Å². The van der Waals surface area contributed by atoms with E-state index in [9.17, 15) is 4.79 Å². The lowest BCUT2D eigenvalue weighted by Gasteiger charge is -2.27. The summed E-state index contributed by atoms with van der Waals surface area (Å²) in [6, 6.07) is 11.1. The highest BCUT2D eigenvalue weighted by atomic mass is 35.5. The van der Waals surface area contributed by atoms with Gasteiger partial charge in [0.25, 0.3) is 5.91 Å². The number of nitrogens with zero attached hydrogens (tertiary/aromatic N) is 1. The Kier molecular flexibility index (Phi) is 8.54. The number of pyridine rings is 1. The van der Waals surface area contributed by atoms with Gasteiger partial charge in [-0.1, -0.05) is 12.1 Å². The maximum atomic E-state index is 12.1. The molecule has 1 aliphatic rings. The van der Waals surface area contributed by atoms with Crippen LogP contribution >= 0.6 is 24.8 Å². The van der Waals surface area contributed by atoms with Crippen molar-refractivity contribution in [2.75, 3.05) is 19.6 Å². The van der Waals surface area contributed by atoms with Crippen molar-refractivity contribution in [1.82, 2.24) is 15.6 Å². The van der Waals surface area contributed by atoms with Gasteiger partial charge in [0.05, 0.1) is 0 Å². The molecule has 0 radical (unpaired) electrons. The molecule has 2 heterocycles. The summed E-state index contributed by atoms with van der Waals surface area (Å²) >= 11 is 0. The van der Waals surface area contributed by atoms with Crippen molar-refractivity contribution in [2.45, 2.75) is 6.61 Å². The molecule has 0 saturated carbocycles. The minimum atomic E-state index is -0.0567. The maximum Gasteiger partial charge on any atom is 0.251 e. The number of benzene rings is 1. The molecule has 1 aliphatic heterocycles. The summed E-state index contributed by atoms with van der Waals surface area (Å²) in [5.74, 6) is 1.18. The minimum Gasteiger partial charge on any atom is -0.489 e. The van der Waals surface area contributed by atoms with Crippen LogP contribution < -0.4 is 15.4 Å². The van der Waals surface area contributed by atoms with Crippen LogP contribution in [-0.2, 0) is 6.61 Å². The molecular weight excluding hydrogens is 349 g/mol. The van der Waals surface area contributed by atoms with Gasteiger partial charge in [-0.15, -0.1) is 24.8 Å². The van der Waals surface area contributed by atoms with Crippen molar-refractivity contribution in [3.05, 3.63) is 59.9 Å². The van der Waals surface area contributed by atoms with E-state index in [0.29, 0.717) is 30.4 Å². The first-order chi connectivity index (χ1) is 10.8. The minimum absolute atomic E-state index is 0. The van der Waals surface area contributed by atoms with Crippen LogP contribution in [-0.4, -0.2) is 30.5 Å². The Morgan fingerprint density at radius 2 is 2.08 bits per heavy atom. The Morgan fingerprint density at radius 3 is 2.75 bits per heavy atom. The van der Waals surface area contributed by atoms with Gasteiger partial charge in [-0.25, -0.2) is 0 Å². The molecule has 1 fully saturated rings. The SMILES string of the molecule is Cl.Cl.O=C(NCC1CNC1)c1cccc(OCc2cccnc2)c1. The summed E-state index contributed by atoms with van der Waals surface area (Å²) in [6.45, 7) is 3.11. The Morgan fingerprint density at radius 1 is 1.25 bits per heavy atom. The molecule has 0 aliphatic carbocycles. The summed E-state index contributed by atoms with van der Waals surface area (Å²) in [5.41, 5.74) is 1.62. The van der Waals surface area contributed by atoms with E-state index >= 15 is 0 Å². The van der Waals surface area contributed by atoms with Gasteiger partial charge in [0.15, 0.2) is 0 Å². The Bertz CT molecular complexity index is 637. The van der Waals surface area contributed by atoms with Crippen molar-refractivity contribution in [3.63, 3.8) is 0 Å². The van der Waals surface area contributed by atoms with Crippen molar-refractivity contribution < 1.29 is 9.53 Å². The van der Waals surface area contributed by atoms with Crippen LogP contribution in [0.25, 0.3) is 0 Å². The van der Waals surface area contributed by atoms with Gasteiger partial charge < -0.3 is 15.4 Å². The normalized spacial score (nSPS) is 13.0. The second kappa shape index (κ2) is 10.1. The zero-order valence-corrected chi connectivity index (χ0v) is 14.7. The van der Waals surface area contributed by atoms with E-state index in [1.54, 1.807) is 24.5 Å². The molecule has 0 atom stereocenters. The molecule has 0 spiro atoms. The molecule has 0 bridgehead atoms. The second-order valence-electron chi connectivity index (χ2n) is 5.41. The van der Waals surface area contributed by atoms with Crippen LogP contribution in [0, 0.1) is 5.92 Å². The quantitative estimate of drug-likeness (QED) is 0.820. The monoisotopic (exact) mass is 369 g/mol. The van der Waals surface area contributed by atoms with E-state index in [1.165, 1.54) is 0 Å². The van der Waals surface area contributed by atoms with Crippen LogP contribution in [0.2, 0.25) is 0 Å².